The Labute approximate surface area is 298 Å². The third kappa shape index (κ3) is 6.27. The van der Waals surface area contributed by atoms with Gasteiger partial charge in [0.1, 0.15) is 11.5 Å². The second kappa shape index (κ2) is 14.7. The largest absolute Gasteiger partial charge is 0.497 e. The van der Waals surface area contributed by atoms with E-state index in [2.05, 4.69) is 118 Å². The van der Waals surface area contributed by atoms with Crippen LogP contribution in [0.3, 0.4) is 0 Å². The molecule has 8 aromatic rings. The summed E-state index contributed by atoms with van der Waals surface area (Å²) in [7, 11) is 1.69. The van der Waals surface area contributed by atoms with Crippen molar-refractivity contribution >= 4 is 56.0 Å². The fourth-order valence-electron chi connectivity index (χ4n) is 7.36. The van der Waals surface area contributed by atoms with Crippen LogP contribution in [0.1, 0.15) is 30.5 Å². The fraction of sp³-hybridized carbons (Fsp3) is 0.209. The molecule has 0 aliphatic carbocycles. The number of pyridine rings is 2. The van der Waals surface area contributed by atoms with Crippen LogP contribution >= 0.6 is 12.4 Å². The molecule has 0 unspecified atom stereocenters. The predicted molar refractivity (Wildman–Crippen MR) is 208 cm³/mol. The van der Waals surface area contributed by atoms with Crippen molar-refractivity contribution in [2.24, 2.45) is 0 Å². The van der Waals surface area contributed by atoms with E-state index in [9.17, 15) is 0 Å². The molecule has 0 N–H and O–H groups in total. The van der Waals surface area contributed by atoms with Crippen molar-refractivity contribution in [1.82, 2.24) is 19.1 Å². The van der Waals surface area contributed by atoms with Crippen molar-refractivity contribution in [3.8, 4) is 22.8 Å². The lowest BCUT2D eigenvalue weighted by Gasteiger charge is -2.12. The van der Waals surface area contributed by atoms with Gasteiger partial charge in [0.05, 0.1) is 41.7 Å². The highest BCUT2D eigenvalue weighted by Crippen LogP contribution is 2.36. The van der Waals surface area contributed by atoms with Gasteiger partial charge in [-0.05, 0) is 92.8 Å². The second-order valence-electron chi connectivity index (χ2n) is 12.7. The molecule has 0 spiro atoms. The van der Waals surface area contributed by atoms with Crippen LogP contribution in [0.25, 0.3) is 54.9 Å². The topological polar surface area (TPSA) is 54.1 Å². The molecule has 0 amide bonds. The number of halogens is 1. The summed E-state index contributed by atoms with van der Waals surface area (Å²) in [5.74, 6) is 1.75. The van der Waals surface area contributed by atoms with Gasteiger partial charge < -0.3 is 18.6 Å². The molecule has 6 nitrogen and oxygen atoms in total. The van der Waals surface area contributed by atoms with Crippen LogP contribution in [0.15, 0.2) is 122 Å². The van der Waals surface area contributed by atoms with Crippen LogP contribution < -0.4 is 9.47 Å². The van der Waals surface area contributed by atoms with Gasteiger partial charge in [-0.25, -0.2) is 0 Å². The van der Waals surface area contributed by atoms with E-state index in [1.807, 2.05) is 24.5 Å². The molecule has 0 bridgehead atoms. The number of methoxy groups -OCH3 is 1. The van der Waals surface area contributed by atoms with Crippen molar-refractivity contribution in [3.63, 3.8) is 0 Å². The number of fused-ring (bicyclic) bond motifs is 6. The van der Waals surface area contributed by atoms with Crippen LogP contribution in [-0.4, -0.2) is 32.8 Å². The lowest BCUT2D eigenvalue weighted by atomic mass is 10.1. The molecule has 7 heteroatoms. The van der Waals surface area contributed by atoms with Crippen molar-refractivity contribution in [2.75, 3.05) is 13.7 Å². The number of aromatic nitrogens is 4. The van der Waals surface area contributed by atoms with Crippen LogP contribution in [0.5, 0.6) is 11.5 Å². The summed E-state index contributed by atoms with van der Waals surface area (Å²) in [6.07, 6.45) is 7.86. The zero-order valence-electron chi connectivity index (χ0n) is 28.5. The summed E-state index contributed by atoms with van der Waals surface area (Å²) in [5, 5.41) is 4.98. The maximum absolute atomic E-state index is 6.42. The Hall–Kier alpha value is -5.33. The number of benzene rings is 4. The van der Waals surface area contributed by atoms with Gasteiger partial charge in [-0.2, -0.15) is 0 Å². The molecular formula is C43H41ClN4O2. The molecule has 252 valence electrons. The Kier molecular flexibility index (Phi) is 9.72. The third-order valence-electron chi connectivity index (χ3n) is 9.70. The van der Waals surface area contributed by atoms with Gasteiger partial charge in [-0.1, -0.05) is 48.5 Å². The van der Waals surface area contributed by atoms with Gasteiger partial charge in [0.2, 0.25) is 0 Å². The van der Waals surface area contributed by atoms with E-state index in [0.29, 0.717) is 6.61 Å². The Morgan fingerprint density at radius 1 is 0.600 bits per heavy atom. The number of nitrogens with zero attached hydrogens (tertiary/aromatic N) is 4. The summed E-state index contributed by atoms with van der Waals surface area (Å²) in [5.41, 5.74) is 9.34. The fourth-order valence-corrected chi connectivity index (χ4v) is 7.36. The molecule has 4 heterocycles. The lowest BCUT2D eigenvalue weighted by molar-refractivity contribution is 0.304. The first-order valence-corrected chi connectivity index (χ1v) is 17.2. The van der Waals surface area contributed by atoms with Gasteiger partial charge in [0, 0.05) is 64.2 Å². The van der Waals surface area contributed by atoms with E-state index in [-0.39, 0.29) is 12.4 Å². The van der Waals surface area contributed by atoms with E-state index in [1.165, 1.54) is 49.2 Å². The molecule has 0 radical (unpaired) electrons. The van der Waals surface area contributed by atoms with E-state index in [0.717, 1.165) is 67.2 Å². The highest BCUT2D eigenvalue weighted by atomic mass is 35.5. The van der Waals surface area contributed by atoms with Crippen molar-refractivity contribution in [3.05, 3.63) is 133 Å². The van der Waals surface area contributed by atoms with Gasteiger partial charge in [0.15, 0.2) is 0 Å². The second-order valence-corrected chi connectivity index (χ2v) is 12.7. The maximum Gasteiger partial charge on any atom is 0.121 e. The summed E-state index contributed by atoms with van der Waals surface area (Å²) in [4.78, 5) is 9.51. The van der Waals surface area contributed by atoms with E-state index < -0.39 is 0 Å². The first kappa shape index (κ1) is 33.2. The number of hydrogen-bond donors (Lipinski definition) is 0. The Morgan fingerprint density at radius 2 is 1.28 bits per heavy atom. The van der Waals surface area contributed by atoms with Gasteiger partial charge in [-0.3, -0.25) is 9.97 Å². The maximum atomic E-state index is 6.42. The third-order valence-corrected chi connectivity index (χ3v) is 9.70. The summed E-state index contributed by atoms with van der Waals surface area (Å²) in [6, 6.07) is 38.4. The zero-order chi connectivity index (χ0) is 33.2. The minimum atomic E-state index is 0. The van der Waals surface area contributed by atoms with E-state index in [1.54, 1.807) is 7.11 Å². The molecule has 50 heavy (non-hydrogen) atoms. The molecule has 0 aliphatic heterocycles. The number of hydrogen-bond acceptors (Lipinski definition) is 4. The summed E-state index contributed by atoms with van der Waals surface area (Å²) >= 11 is 0. The normalized spacial score (nSPS) is 11.4. The van der Waals surface area contributed by atoms with Crippen LogP contribution in [-0.2, 0) is 19.5 Å². The number of para-hydroxylation sites is 1. The van der Waals surface area contributed by atoms with Crippen molar-refractivity contribution in [1.29, 1.82) is 0 Å². The Bertz CT molecular complexity index is 2400. The summed E-state index contributed by atoms with van der Waals surface area (Å²) in [6.45, 7) is 4.57. The van der Waals surface area contributed by atoms with Gasteiger partial charge in [0.25, 0.3) is 0 Å². The smallest absolute Gasteiger partial charge is 0.121 e. The molecular weight excluding hydrogens is 640 g/mol. The molecule has 4 aromatic carbocycles. The van der Waals surface area contributed by atoms with Crippen LogP contribution in [0.4, 0.5) is 0 Å². The highest BCUT2D eigenvalue weighted by molar-refractivity contribution is 6.12. The highest BCUT2D eigenvalue weighted by Gasteiger charge is 2.17. The molecule has 8 rings (SSSR count). The lowest BCUT2D eigenvalue weighted by Crippen LogP contribution is -2.04. The number of ether oxygens (including phenoxy) is 2. The minimum Gasteiger partial charge on any atom is -0.497 e. The quantitative estimate of drug-likeness (QED) is 0.121. The molecule has 0 saturated carbocycles. The molecule has 0 saturated heterocycles. The van der Waals surface area contributed by atoms with Gasteiger partial charge >= 0.3 is 0 Å². The standard InChI is InChI=1S/C43H40N4O2.ClH/c1-30-42-37(22-24-44-30)36-21-20-34(29-40(36)47(42)27-10-13-31-11-4-3-5-12-31)49-28-9-8-26-46-39-15-7-6-14-35(39)38-23-25-45-41(43(38)46)32-16-18-33(48-2)19-17-32;/h3-7,11-12,14-25,29H,8-10,13,26-28H2,1-2H3;1H. The molecule has 0 aliphatic rings. The average Bonchev–Trinajstić information content (AvgIpc) is 3.65. The summed E-state index contributed by atoms with van der Waals surface area (Å²) < 4.78 is 16.7. The van der Waals surface area contributed by atoms with Crippen LogP contribution in [0.2, 0.25) is 0 Å². The van der Waals surface area contributed by atoms with Crippen LogP contribution in [0, 0.1) is 6.92 Å². The van der Waals surface area contributed by atoms with Gasteiger partial charge in [-0.15, -0.1) is 12.4 Å². The molecule has 0 atom stereocenters. The zero-order valence-corrected chi connectivity index (χ0v) is 29.3. The molecule has 0 fully saturated rings. The number of aryl methyl sites for hydroxylation is 4. The first-order chi connectivity index (χ1) is 24.2. The van der Waals surface area contributed by atoms with Crippen molar-refractivity contribution in [2.45, 2.75) is 45.7 Å². The average molecular weight is 681 g/mol. The minimum absolute atomic E-state index is 0. The SMILES string of the molecule is COc1ccc(-c2nccc3c4ccccc4n(CCCCOc4ccc5c6ccnc(C)c6n(CCCc6ccccc6)c5c4)c23)cc1.Cl. The Morgan fingerprint density at radius 3 is 2.10 bits per heavy atom. The number of unbranched alkanes of at least 4 members (excludes halogenated alkanes) is 1. The predicted octanol–water partition coefficient (Wildman–Crippen LogP) is 10.6. The number of rotatable bonds is 12. The molecule has 4 aromatic heterocycles. The first-order valence-electron chi connectivity index (χ1n) is 17.2. The van der Waals surface area contributed by atoms with E-state index >= 15 is 0 Å². The van der Waals surface area contributed by atoms with Crippen molar-refractivity contribution < 1.29 is 9.47 Å². The van der Waals surface area contributed by atoms with E-state index in [4.69, 9.17) is 14.5 Å². The Balaban J connectivity index is 0.00000392. The monoisotopic (exact) mass is 680 g/mol.